The number of aromatic nitrogens is 1. The highest BCUT2D eigenvalue weighted by atomic mass is 16.5. The summed E-state index contributed by atoms with van der Waals surface area (Å²) in [5, 5.41) is 0.989. The zero-order chi connectivity index (χ0) is 20.3. The molecule has 0 amide bonds. The Morgan fingerprint density at radius 3 is 2.39 bits per heavy atom. The van der Waals surface area contributed by atoms with Crippen LogP contribution in [0, 0.1) is 6.92 Å². The Bertz CT molecular complexity index is 981. The smallest absolute Gasteiger partial charge is 0.340 e. The molecule has 1 aromatic heterocycles. The van der Waals surface area contributed by atoms with E-state index in [0.717, 1.165) is 28.7 Å². The molecule has 0 saturated carbocycles. The molecular formula is C23H28N3O2+. The Morgan fingerprint density at radius 2 is 1.75 bits per heavy atom. The molecule has 5 heteroatoms. The van der Waals surface area contributed by atoms with Crippen molar-refractivity contribution in [1.29, 1.82) is 0 Å². The van der Waals surface area contributed by atoms with Gasteiger partial charge in [0.2, 0.25) is 0 Å². The first kappa shape index (κ1) is 19.8. The molecule has 1 unspecified atom stereocenters. The minimum absolute atomic E-state index is 0.325. The van der Waals surface area contributed by atoms with Gasteiger partial charge in [0.1, 0.15) is 18.8 Å². The van der Waals surface area contributed by atoms with Crippen LogP contribution in [0.15, 0.2) is 48.5 Å². The number of pyridine rings is 1. The number of esters is 1. The predicted molar refractivity (Wildman–Crippen MR) is 113 cm³/mol. The third-order valence-corrected chi connectivity index (χ3v) is 5.04. The van der Waals surface area contributed by atoms with Gasteiger partial charge in [-0.2, -0.15) is 0 Å². The minimum atomic E-state index is -0.325. The summed E-state index contributed by atoms with van der Waals surface area (Å²) in [7, 11) is 7.61. The van der Waals surface area contributed by atoms with Gasteiger partial charge in [0.05, 0.1) is 25.2 Å². The number of hydrogen-bond donors (Lipinski definition) is 1. The van der Waals surface area contributed by atoms with Gasteiger partial charge in [0.25, 0.3) is 0 Å². The maximum absolute atomic E-state index is 12.5. The summed E-state index contributed by atoms with van der Waals surface area (Å²) in [6, 6.07) is 16.5. The molecule has 146 valence electrons. The maximum Gasteiger partial charge on any atom is 0.340 e. The fourth-order valence-corrected chi connectivity index (χ4v) is 3.55. The summed E-state index contributed by atoms with van der Waals surface area (Å²) in [5.41, 5.74) is 5.64. The molecule has 1 atom stereocenters. The van der Waals surface area contributed by atoms with E-state index in [0.29, 0.717) is 12.1 Å². The van der Waals surface area contributed by atoms with E-state index >= 15 is 0 Å². The minimum Gasteiger partial charge on any atom is -0.465 e. The molecule has 0 fully saturated rings. The van der Waals surface area contributed by atoms with E-state index in [1.807, 2.05) is 45.3 Å². The van der Waals surface area contributed by atoms with Crippen LogP contribution in [0.4, 0.5) is 5.69 Å². The third kappa shape index (κ3) is 4.15. The van der Waals surface area contributed by atoms with Crippen LogP contribution in [0.2, 0.25) is 0 Å². The van der Waals surface area contributed by atoms with Gasteiger partial charge in [-0.3, -0.25) is 0 Å². The van der Waals surface area contributed by atoms with Crippen molar-refractivity contribution in [3.8, 4) is 0 Å². The summed E-state index contributed by atoms with van der Waals surface area (Å²) in [5.74, 6) is -0.325. The van der Waals surface area contributed by atoms with Gasteiger partial charge in [0.15, 0.2) is 0 Å². The van der Waals surface area contributed by atoms with Crippen LogP contribution >= 0.6 is 0 Å². The lowest BCUT2D eigenvalue weighted by atomic mass is 10.0. The molecule has 0 aliphatic rings. The van der Waals surface area contributed by atoms with Crippen molar-refractivity contribution < 1.29 is 14.4 Å². The highest BCUT2D eigenvalue weighted by molar-refractivity contribution is 5.98. The Balaban J connectivity index is 1.88. The molecule has 0 spiro atoms. The molecule has 0 bridgehead atoms. The summed E-state index contributed by atoms with van der Waals surface area (Å²) in [6.45, 7) is 3.46. The van der Waals surface area contributed by atoms with Crippen molar-refractivity contribution in [1.82, 2.24) is 4.98 Å². The number of carbonyl (C=O) groups excluding carboxylic acids is 1. The molecular weight excluding hydrogens is 350 g/mol. The summed E-state index contributed by atoms with van der Waals surface area (Å²) < 4.78 is 5.05. The number of hydrogen-bond acceptors (Lipinski definition) is 4. The molecule has 1 N–H and O–H groups in total. The monoisotopic (exact) mass is 378 g/mol. The molecule has 0 aliphatic heterocycles. The van der Waals surface area contributed by atoms with E-state index in [-0.39, 0.29) is 5.97 Å². The lowest BCUT2D eigenvalue weighted by molar-refractivity contribution is -0.908. The van der Waals surface area contributed by atoms with Gasteiger partial charge in [-0.05, 0) is 30.7 Å². The van der Waals surface area contributed by atoms with Crippen molar-refractivity contribution >= 4 is 22.6 Å². The molecule has 0 radical (unpaired) electrons. The molecule has 0 saturated heterocycles. The molecule has 1 heterocycles. The highest BCUT2D eigenvalue weighted by Gasteiger charge is 2.21. The first-order valence-electron chi connectivity index (χ1n) is 9.44. The Hall–Kier alpha value is -2.92. The van der Waals surface area contributed by atoms with E-state index in [4.69, 9.17) is 9.72 Å². The summed E-state index contributed by atoms with van der Waals surface area (Å²) >= 11 is 0. The van der Waals surface area contributed by atoms with E-state index in [1.54, 1.807) is 0 Å². The normalized spacial score (nSPS) is 12.0. The second-order valence-corrected chi connectivity index (χ2v) is 7.44. The molecule has 3 aromatic rings. The Labute approximate surface area is 166 Å². The Kier molecular flexibility index (Phi) is 5.95. The van der Waals surface area contributed by atoms with Crippen LogP contribution in [-0.2, 0) is 17.8 Å². The average Bonchev–Trinajstić information content (AvgIpc) is 2.68. The van der Waals surface area contributed by atoms with Crippen LogP contribution < -0.4 is 9.80 Å². The number of para-hydroxylation sites is 1. The lowest BCUT2D eigenvalue weighted by Crippen LogP contribution is -3.06. The van der Waals surface area contributed by atoms with Crippen LogP contribution in [0.1, 0.15) is 27.2 Å². The topological polar surface area (TPSA) is 46.9 Å². The van der Waals surface area contributed by atoms with Crippen LogP contribution in [0.5, 0.6) is 0 Å². The first-order valence-corrected chi connectivity index (χ1v) is 9.44. The van der Waals surface area contributed by atoms with E-state index in [9.17, 15) is 4.79 Å². The van der Waals surface area contributed by atoms with Crippen LogP contribution in [-0.4, -0.2) is 39.2 Å². The number of carbonyl (C=O) groups is 1. The van der Waals surface area contributed by atoms with E-state index in [2.05, 4.69) is 36.2 Å². The van der Waals surface area contributed by atoms with Crippen molar-refractivity contribution in [2.24, 2.45) is 0 Å². The third-order valence-electron chi connectivity index (χ3n) is 5.04. The lowest BCUT2D eigenvalue weighted by Gasteiger charge is -2.18. The van der Waals surface area contributed by atoms with Crippen molar-refractivity contribution in [3.63, 3.8) is 0 Å². The number of quaternary nitrogens is 1. The summed E-state index contributed by atoms with van der Waals surface area (Å²) in [4.78, 5) is 20.6. The van der Waals surface area contributed by atoms with Gasteiger partial charge in [-0.25, -0.2) is 9.78 Å². The predicted octanol–water partition coefficient (Wildman–Crippen LogP) is 2.61. The molecule has 5 nitrogen and oxygen atoms in total. The zero-order valence-electron chi connectivity index (χ0n) is 17.2. The molecule has 3 rings (SSSR count). The number of methoxy groups -OCH3 is 1. The fraction of sp³-hybridized carbons (Fsp3) is 0.304. The number of ether oxygens (including phenoxy) is 1. The number of rotatable bonds is 6. The fourth-order valence-electron chi connectivity index (χ4n) is 3.55. The molecule has 0 aliphatic carbocycles. The maximum atomic E-state index is 12.5. The van der Waals surface area contributed by atoms with E-state index < -0.39 is 0 Å². The van der Waals surface area contributed by atoms with Crippen LogP contribution in [0.3, 0.4) is 0 Å². The first-order chi connectivity index (χ1) is 13.4. The number of nitrogens with one attached hydrogen (secondary N) is 1. The van der Waals surface area contributed by atoms with Gasteiger partial charge in [-0.15, -0.1) is 0 Å². The largest absolute Gasteiger partial charge is 0.465 e. The van der Waals surface area contributed by atoms with Crippen molar-refractivity contribution in [2.75, 3.05) is 33.2 Å². The van der Waals surface area contributed by atoms with Crippen molar-refractivity contribution in [3.05, 3.63) is 70.9 Å². The average molecular weight is 378 g/mol. The van der Waals surface area contributed by atoms with Gasteiger partial charge < -0.3 is 14.5 Å². The quantitative estimate of drug-likeness (QED) is 0.670. The zero-order valence-corrected chi connectivity index (χ0v) is 17.2. The van der Waals surface area contributed by atoms with Crippen molar-refractivity contribution in [2.45, 2.75) is 20.0 Å². The second-order valence-electron chi connectivity index (χ2n) is 7.44. The highest BCUT2D eigenvalue weighted by Crippen LogP contribution is 2.23. The second kappa shape index (κ2) is 8.40. The van der Waals surface area contributed by atoms with Gasteiger partial charge in [0, 0.05) is 30.7 Å². The molecule has 2 aromatic carbocycles. The summed E-state index contributed by atoms with van der Waals surface area (Å²) in [6.07, 6.45) is 0. The SMILES string of the molecule is COC(=O)c1c(C[NH+](C)Cc2ccc(N(C)C)cc2)nc2ccccc2c1C. The van der Waals surface area contributed by atoms with Gasteiger partial charge in [-0.1, -0.05) is 30.3 Å². The number of aryl methyl sites for hydroxylation is 1. The van der Waals surface area contributed by atoms with Crippen LogP contribution in [0.25, 0.3) is 10.9 Å². The molecule has 28 heavy (non-hydrogen) atoms. The van der Waals surface area contributed by atoms with E-state index in [1.165, 1.54) is 23.3 Å². The number of nitrogens with zero attached hydrogens (tertiary/aromatic N) is 2. The number of benzene rings is 2. The number of anilines is 1. The van der Waals surface area contributed by atoms with Gasteiger partial charge >= 0.3 is 5.97 Å². The number of fused-ring (bicyclic) bond motifs is 1. The Morgan fingerprint density at radius 1 is 1.07 bits per heavy atom. The standard InChI is InChI=1S/C23H27N3O2/c1-16-19-8-6-7-9-20(19)24-21(22(16)23(27)28-5)15-26(4)14-17-10-12-18(13-11-17)25(2)3/h6-13H,14-15H2,1-5H3/p+1.